The van der Waals surface area contributed by atoms with E-state index in [1.54, 1.807) is 29.4 Å². The Morgan fingerprint density at radius 2 is 1.51 bits per heavy atom. The van der Waals surface area contributed by atoms with Crippen LogP contribution in [0, 0.1) is 27.2 Å². The molecule has 2 heterocycles. The fourth-order valence-corrected chi connectivity index (χ4v) is 1.40. The normalized spacial score (nSPS) is 11.3. The number of nitrogens with one attached hydrogen (secondary N) is 2. The van der Waals surface area contributed by atoms with Crippen molar-refractivity contribution < 1.29 is 35.8 Å². The Morgan fingerprint density at radius 1 is 1.06 bits per heavy atom. The summed E-state index contributed by atoms with van der Waals surface area (Å²) in [5.74, 6) is -0.628. The standard InChI is InChI=1S/C8H9O4.C5H5N.2C4H7N2O2.Co/c1-5-3-4-12-7(5)6(9)8(10)11-2;1-2-4-6-5-3-1;2*1-3(5-7)4(2)6-8;/h3-4,6,9H,1H2,2H3;1-5H;2*5H,1-2H3;/q-1;;2*-1;/b;;2*4-3-;. The van der Waals surface area contributed by atoms with Crippen molar-refractivity contribution in [2.75, 3.05) is 7.11 Å². The van der Waals surface area contributed by atoms with Gasteiger partial charge < -0.3 is 35.6 Å². The molecular formula is C21H28CoN5O8-3. The molecule has 3 N–H and O–H groups in total. The molecule has 0 amide bonds. The first-order valence-electron chi connectivity index (χ1n) is 9.39. The minimum Gasteiger partial charge on any atom is -0.761 e. The van der Waals surface area contributed by atoms with Gasteiger partial charge in [0, 0.05) is 52.6 Å². The topological polar surface area (TPSA) is 202 Å². The maximum atomic E-state index is 10.8. The van der Waals surface area contributed by atoms with Gasteiger partial charge in [0.15, 0.2) is 6.10 Å². The zero-order chi connectivity index (χ0) is 26.5. The van der Waals surface area contributed by atoms with Gasteiger partial charge in [0.1, 0.15) is 0 Å². The number of aromatic nitrogens is 1. The van der Waals surface area contributed by atoms with Crippen LogP contribution >= 0.6 is 0 Å². The third-order valence-corrected chi connectivity index (χ3v) is 3.69. The predicted octanol–water partition coefficient (Wildman–Crippen LogP) is 3.93. The van der Waals surface area contributed by atoms with Gasteiger partial charge >= 0.3 is 5.97 Å². The van der Waals surface area contributed by atoms with Crippen LogP contribution in [0.25, 0.3) is 0 Å². The molecule has 1 radical (unpaired) electrons. The first-order chi connectivity index (χ1) is 16.1. The average Bonchev–Trinajstić information content (AvgIpc) is 3.33. The Labute approximate surface area is 213 Å². The number of aliphatic hydroxyl groups is 1. The molecule has 0 aliphatic carbocycles. The van der Waals surface area contributed by atoms with Crippen molar-refractivity contribution in [2.45, 2.75) is 33.8 Å². The molecule has 35 heavy (non-hydrogen) atoms. The predicted molar refractivity (Wildman–Crippen MR) is 126 cm³/mol. The van der Waals surface area contributed by atoms with Crippen LogP contribution in [0.2, 0.25) is 0 Å². The summed E-state index contributed by atoms with van der Waals surface area (Å²) >= 11 is 0. The Morgan fingerprint density at radius 3 is 1.71 bits per heavy atom. The van der Waals surface area contributed by atoms with E-state index in [1.165, 1.54) is 41.1 Å². The van der Waals surface area contributed by atoms with Gasteiger partial charge in [0.25, 0.3) is 0 Å². The van der Waals surface area contributed by atoms with Gasteiger partial charge in [0.2, 0.25) is 0 Å². The molecule has 0 spiro atoms. The van der Waals surface area contributed by atoms with E-state index in [0.29, 0.717) is 5.56 Å². The van der Waals surface area contributed by atoms with Crippen LogP contribution < -0.4 is 11.0 Å². The van der Waals surface area contributed by atoms with Crippen molar-refractivity contribution in [3.05, 3.63) is 104 Å². The first kappa shape index (κ1) is 36.0. The second kappa shape index (κ2) is 22.2. The van der Waals surface area contributed by atoms with Gasteiger partial charge in [-0.2, -0.15) is 12.5 Å². The van der Waals surface area contributed by atoms with E-state index in [4.69, 9.17) is 4.42 Å². The van der Waals surface area contributed by atoms with Gasteiger partial charge in [-0.25, -0.2) is 4.79 Å². The Bertz CT molecular complexity index is 863. The summed E-state index contributed by atoms with van der Waals surface area (Å²) in [5.41, 5.74) is 4.50. The fourth-order valence-electron chi connectivity index (χ4n) is 1.40. The zero-order valence-corrected chi connectivity index (χ0v) is 20.8. The van der Waals surface area contributed by atoms with Crippen LogP contribution in [0.4, 0.5) is 0 Å². The number of pyridine rings is 1. The van der Waals surface area contributed by atoms with Gasteiger partial charge in [-0.15, -0.1) is 15.9 Å². The molecule has 2 rings (SSSR count). The maximum Gasteiger partial charge on any atom is 0.330 e. The summed E-state index contributed by atoms with van der Waals surface area (Å²) < 4.78 is 9.15. The Hall–Kier alpha value is -3.56. The number of methoxy groups -OCH3 is 1. The summed E-state index contributed by atoms with van der Waals surface area (Å²) in [5, 5.41) is 33.8. The van der Waals surface area contributed by atoms with Crippen LogP contribution in [0.3, 0.4) is 0 Å². The number of hydrogen-bond donors (Lipinski definition) is 3. The number of aliphatic hydroxyl groups excluding tert-OH is 1. The first-order valence-corrected chi connectivity index (χ1v) is 9.39. The number of nitrogens with zero attached hydrogens (tertiary/aromatic N) is 3. The Balaban J connectivity index is -0.000000399. The number of hydroxylamine groups is 2. The van der Waals surface area contributed by atoms with Crippen molar-refractivity contribution in [1.29, 1.82) is 0 Å². The molecule has 0 bridgehead atoms. The molecule has 2 aromatic rings. The SMILES string of the molecule is C/C(N=O)=C(\C)N[O-].C/C(N=O)=C(\C)N[O-].[CH2-]c1ccoc1C(O)C(=O)OC.[Co].c1ccncc1. The molecular weight excluding hydrogens is 509 g/mol. The van der Waals surface area contributed by atoms with Crippen LogP contribution in [-0.2, 0) is 26.3 Å². The monoisotopic (exact) mass is 537 g/mol. The average molecular weight is 537 g/mol. The van der Waals surface area contributed by atoms with Gasteiger partial charge in [-0.1, -0.05) is 6.07 Å². The number of carbonyl (C=O) groups is 1. The maximum absolute atomic E-state index is 10.8. The van der Waals surface area contributed by atoms with E-state index in [0.717, 1.165) is 0 Å². The quantitative estimate of drug-likeness (QED) is 0.208. The summed E-state index contributed by atoms with van der Waals surface area (Å²) in [6.07, 6.45) is 3.47. The summed E-state index contributed by atoms with van der Waals surface area (Å²) in [6.45, 7) is 9.47. The minimum atomic E-state index is -1.38. The Kier molecular flexibility index (Phi) is 22.9. The zero-order valence-electron chi connectivity index (χ0n) is 19.8. The number of carbonyl (C=O) groups excluding carboxylic acids is 1. The van der Waals surface area contributed by atoms with Crippen molar-refractivity contribution in [2.24, 2.45) is 10.4 Å². The van der Waals surface area contributed by atoms with Crippen molar-refractivity contribution in [1.82, 2.24) is 15.9 Å². The van der Waals surface area contributed by atoms with Crippen LogP contribution in [0.5, 0.6) is 0 Å². The second-order valence-corrected chi connectivity index (χ2v) is 6.07. The minimum absolute atomic E-state index is 0. The molecule has 0 saturated heterocycles. The number of rotatable bonds is 6. The van der Waals surface area contributed by atoms with Crippen LogP contribution in [-0.4, -0.2) is 23.2 Å². The second-order valence-electron chi connectivity index (χ2n) is 6.07. The molecule has 0 fully saturated rings. The number of esters is 1. The van der Waals surface area contributed by atoms with Crippen molar-refractivity contribution in [3.8, 4) is 0 Å². The molecule has 0 aliphatic rings. The van der Waals surface area contributed by atoms with Gasteiger partial charge in [-0.3, -0.25) is 4.98 Å². The molecule has 2 aromatic heterocycles. The molecule has 0 aliphatic heterocycles. The molecule has 0 aromatic carbocycles. The number of allylic oxidation sites excluding steroid dienone is 4. The van der Waals surface area contributed by atoms with E-state index in [1.807, 2.05) is 18.2 Å². The number of nitroso groups, excluding NO2 is 2. The van der Waals surface area contributed by atoms with Crippen molar-refractivity contribution in [3.63, 3.8) is 0 Å². The molecule has 1 unspecified atom stereocenters. The summed E-state index contributed by atoms with van der Waals surface area (Å²) in [7, 11) is 1.19. The molecule has 14 heteroatoms. The van der Waals surface area contributed by atoms with E-state index in [9.17, 15) is 30.1 Å². The molecule has 13 nitrogen and oxygen atoms in total. The third kappa shape index (κ3) is 16.7. The number of hydrogen-bond acceptors (Lipinski definition) is 13. The van der Waals surface area contributed by atoms with Gasteiger partial charge in [-0.05, 0) is 50.2 Å². The van der Waals surface area contributed by atoms with Gasteiger partial charge in [0.05, 0.1) is 18.5 Å². The summed E-state index contributed by atoms with van der Waals surface area (Å²) in [4.78, 5) is 33.8. The van der Waals surface area contributed by atoms with E-state index in [-0.39, 0.29) is 45.3 Å². The van der Waals surface area contributed by atoms with E-state index >= 15 is 0 Å². The molecule has 1 atom stereocenters. The number of ether oxygens (including phenoxy) is 1. The number of furan rings is 1. The van der Waals surface area contributed by atoms with Crippen molar-refractivity contribution >= 4 is 5.97 Å². The third-order valence-electron chi connectivity index (χ3n) is 3.69. The van der Waals surface area contributed by atoms with Crippen LogP contribution in [0.1, 0.15) is 45.1 Å². The van der Waals surface area contributed by atoms with E-state index < -0.39 is 12.1 Å². The summed E-state index contributed by atoms with van der Waals surface area (Å²) in [6, 6.07) is 7.27. The largest absolute Gasteiger partial charge is 0.761 e. The van der Waals surface area contributed by atoms with Crippen LogP contribution in [0.15, 0.2) is 80.5 Å². The fraction of sp³-hybridized carbons (Fsp3) is 0.286. The molecule has 197 valence electrons. The van der Waals surface area contributed by atoms with E-state index in [2.05, 4.69) is 27.0 Å². The molecule has 0 saturated carbocycles. The smallest absolute Gasteiger partial charge is 0.330 e.